The minimum atomic E-state index is 0.846. The topological polar surface area (TPSA) is 29.5 Å². The van der Waals surface area contributed by atoms with Gasteiger partial charge in [-0.1, -0.05) is 164 Å². The second kappa shape index (κ2) is 13.6. The molecule has 2 heterocycles. The molecule has 0 saturated carbocycles. The minimum Gasteiger partial charge on any atom is -0.455 e. The summed E-state index contributed by atoms with van der Waals surface area (Å²) < 4.78 is 13.4. The highest BCUT2D eigenvalue weighted by molar-refractivity contribution is 6.14. The molecule has 0 fully saturated rings. The molecular formula is C54H35NO2. The molecule has 2 aromatic heterocycles. The molecule has 0 unspecified atom stereocenters. The van der Waals surface area contributed by atoms with Gasteiger partial charge in [-0.15, -0.1) is 0 Å². The summed E-state index contributed by atoms with van der Waals surface area (Å²) in [6, 6.07) is 74.9. The Hall–Kier alpha value is -7.62. The fourth-order valence-corrected chi connectivity index (χ4v) is 8.31. The molecule has 3 nitrogen and oxygen atoms in total. The molecule has 0 atom stereocenters. The number of nitrogens with zero attached hydrogens (tertiary/aromatic N) is 1. The summed E-state index contributed by atoms with van der Waals surface area (Å²) in [5, 5.41) is 4.41. The van der Waals surface area contributed by atoms with E-state index < -0.39 is 0 Å². The smallest absolute Gasteiger partial charge is 0.160 e. The first-order valence-corrected chi connectivity index (χ1v) is 19.3. The Kier molecular flexibility index (Phi) is 7.82. The maximum atomic E-state index is 6.81. The van der Waals surface area contributed by atoms with Gasteiger partial charge in [0.2, 0.25) is 0 Å². The average Bonchev–Trinajstić information content (AvgIpc) is 3.86. The Morgan fingerprint density at radius 3 is 1.44 bits per heavy atom. The number of hydrogen-bond acceptors (Lipinski definition) is 3. The number of rotatable bonds is 7. The highest BCUT2D eigenvalue weighted by atomic mass is 16.3. The molecule has 268 valence electrons. The van der Waals surface area contributed by atoms with E-state index in [9.17, 15) is 0 Å². The monoisotopic (exact) mass is 729 g/mol. The van der Waals surface area contributed by atoms with Crippen LogP contribution in [0.1, 0.15) is 0 Å². The fraction of sp³-hybridized carbons (Fsp3) is 0. The maximum absolute atomic E-state index is 6.81. The fourth-order valence-electron chi connectivity index (χ4n) is 8.31. The quantitative estimate of drug-likeness (QED) is 0.164. The molecule has 9 aromatic carbocycles. The zero-order chi connectivity index (χ0) is 37.7. The zero-order valence-electron chi connectivity index (χ0n) is 31.0. The molecule has 0 saturated heterocycles. The van der Waals surface area contributed by atoms with E-state index in [4.69, 9.17) is 8.83 Å². The van der Waals surface area contributed by atoms with Crippen molar-refractivity contribution in [2.24, 2.45) is 0 Å². The Labute approximate surface area is 330 Å². The minimum absolute atomic E-state index is 0.846. The molecule has 0 bridgehead atoms. The van der Waals surface area contributed by atoms with Crippen LogP contribution in [0, 0.1) is 0 Å². The highest BCUT2D eigenvalue weighted by Crippen LogP contribution is 2.48. The molecule has 0 aliphatic heterocycles. The number of benzene rings is 9. The Morgan fingerprint density at radius 1 is 0.281 bits per heavy atom. The number of para-hydroxylation sites is 2. The number of hydrogen-bond donors (Lipinski definition) is 0. The molecule has 3 heteroatoms. The van der Waals surface area contributed by atoms with Gasteiger partial charge in [0, 0.05) is 44.0 Å². The van der Waals surface area contributed by atoms with E-state index >= 15 is 0 Å². The van der Waals surface area contributed by atoms with Crippen LogP contribution in [0.4, 0.5) is 17.1 Å². The van der Waals surface area contributed by atoms with Gasteiger partial charge in [0.25, 0.3) is 0 Å². The van der Waals surface area contributed by atoms with Gasteiger partial charge in [-0.25, -0.2) is 0 Å². The highest BCUT2D eigenvalue weighted by Gasteiger charge is 2.24. The van der Waals surface area contributed by atoms with E-state index in [1.165, 1.54) is 5.56 Å². The molecule has 11 rings (SSSR count). The SMILES string of the molecule is c1ccc(-c2ccc(N(c3ccc(-c4ccc5c(c4)oc4c(-c6ccccc6)cccc45)cc3)c3c(-c4ccccc4)ccc4c3oc3ccccc34)cc2)cc1. The second-order valence-corrected chi connectivity index (χ2v) is 14.5. The molecule has 11 aromatic rings. The van der Waals surface area contributed by atoms with Crippen molar-refractivity contribution < 1.29 is 8.83 Å². The third kappa shape index (κ3) is 5.68. The van der Waals surface area contributed by atoms with E-state index in [-0.39, 0.29) is 0 Å². The van der Waals surface area contributed by atoms with Crippen molar-refractivity contribution in [3.63, 3.8) is 0 Å². The van der Waals surface area contributed by atoms with E-state index in [0.717, 1.165) is 99.9 Å². The lowest BCUT2D eigenvalue weighted by Gasteiger charge is -2.28. The summed E-state index contributed by atoms with van der Waals surface area (Å²) in [4.78, 5) is 2.35. The molecule has 57 heavy (non-hydrogen) atoms. The predicted molar refractivity (Wildman–Crippen MR) is 237 cm³/mol. The van der Waals surface area contributed by atoms with E-state index in [2.05, 4.69) is 205 Å². The van der Waals surface area contributed by atoms with Gasteiger partial charge in [-0.05, 0) is 81.9 Å². The summed E-state index contributed by atoms with van der Waals surface area (Å²) in [6.45, 7) is 0. The van der Waals surface area contributed by atoms with Crippen molar-refractivity contribution in [1.29, 1.82) is 0 Å². The Bertz CT molecular complexity index is 3200. The van der Waals surface area contributed by atoms with Gasteiger partial charge < -0.3 is 13.7 Å². The lowest BCUT2D eigenvalue weighted by atomic mass is 9.98. The molecule has 0 aliphatic carbocycles. The molecule has 0 spiro atoms. The van der Waals surface area contributed by atoms with Crippen LogP contribution in [0.15, 0.2) is 221 Å². The van der Waals surface area contributed by atoms with Crippen LogP contribution >= 0.6 is 0 Å². The maximum Gasteiger partial charge on any atom is 0.160 e. The molecule has 0 amide bonds. The molecule has 0 N–H and O–H groups in total. The van der Waals surface area contributed by atoms with E-state index in [1.54, 1.807) is 0 Å². The van der Waals surface area contributed by atoms with Crippen molar-refractivity contribution >= 4 is 60.9 Å². The zero-order valence-corrected chi connectivity index (χ0v) is 31.0. The number of furan rings is 2. The van der Waals surface area contributed by atoms with Crippen LogP contribution in [0.3, 0.4) is 0 Å². The summed E-state index contributed by atoms with van der Waals surface area (Å²) in [5.41, 5.74) is 15.5. The molecule has 0 radical (unpaired) electrons. The Balaban J connectivity index is 1.07. The van der Waals surface area contributed by atoms with Gasteiger partial charge in [0.15, 0.2) is 5.58 Å². The lowest BCUT2D eigenvalue weighted by Crippen LogP contribution is -2.11. The largest absolute Gasteiger partial charge is 0.455 e. The Morgan fingerprint density at radius 2 is 0.754 bits per heavy atom. The van der Waals surface area contributed by atoms with Crippen LogP contribution in [-0.4, -0.2) is 0 Å². The summed E-state index contributed by atoms with van der Waals surface area (Å²) in [6.07, 6.45) is 0. The second-order valence-electron chi connectivity index (χ2n) is 14.5. The first-order valence-electron chi connectivity index (χ1n) is 19.3. The van der Waals surface area contributed by atoms with Crippen molar-refractivity contribution in [3.05, 3.63) is 212 Å². The lowest BCUT2D eigenvalue weighted by molar-refractivity contribution is 0.669. The average molecular weight is 730 g/mol. The van der Waals surface area contributed by atoms with E-state index in [1.807, 2.05) is 12.1 Å². The first kappa shape index (κ1) is 32.8. The summed E-state index contributed by atoms with van der Waals surface area (Å²) in [5.74, 6) is 0. The summed E-state index contributed by atoms with van der Waals surface area (Å²) in [7, 11) is 0. The standard InChI is InChI=1S/C54H35NO2/c1-4-13-36(14-5-1)37-23-28-42(29-24-37)55(52-44(39-15-6-2-7-16-39)33-34-49-46-19-10-11-22-50(46)56-54(49)52)43-30-25-38(26-31-43)41-27-32-47-48-21-12-20-45(40-17-8-3-9-18-40)53(48)57-51(47)35-41/h1-35H. The van der Waals surface area contributed by atoms with Gasteiger partial charge in [0.05, 0.1) is 5.69 Å². The van der Waals surface area contributed by atoms with Crippen molar-refractivity contribution in [2.75, 3.05) is 4.90 Å². The van der Waals surface area contributed by atoms with Crippen LogP contribution in [0.2, 0.25) is 0 Å². The van der Waals surface area contributed by atoms with Gasteiger partial charge in [-0.3, -0.25) is 0 Å². The van der Waals surface area contributed by atoms with Crippen LogP contribution in [-0.2, 0) is 0 Å². The first-order chi connectivity index (χ1) is 28.3. The van der Waals surface area contributed by atoms with Gasteiger partial charge in [0.1, 0.15) is 16.7 Å². The predicted octanol–water partition coefficient (Wildman–Crippen LogP) is 15.6. The number of anilines is 3. The van der Waals surface area contributed by atoms with Crippen molar-refractivity contribution in [1.82, 2.24) is 0 Å². The number of fused-ring (bicyclic) bond motifs is 6. The molecule has 0 aliphatic rings. The molecular weight excluding hydrogens is 695 g/mol. The third-order valence-electron chi connectivity index (χ3n) is 11.1. The van der Waals surface area contributed by atoms with Crippen LogP contribution < -0.4 is 4.90 Å². The van der Waals surface area contributed by atoms with Gasteiger partial charge >= 0.3 is 0 Å². The van der Waals surface area contributed by atoms with Crippen molar-refractivity contribution in [2.45, 2.75) is 0 Å². The van der Waals surface area contributed by atoms with E-state index in [0.29, 0.717) is 0 Å². The summed E-state index contributed by atoms with van der Waals surface area (Å²) >= 11 is 0. The van der Waals surface area contributed by atoms with Gasteiger partial charge in [-0.2, -0.15) is 0 Å². The van der Waals surface area contributed by atoms with Crippen LogP contribution in [0.5, 0.6) is 0 Å². The van der Waals surface area contributed by atoms with Crippen LogP contribution in [0.25, 0.3) is 88.4 Å². The third-order valence-corrected chi connectivity index (χ3v) is 11.1. The normalized spacial score (nSPS) is 11.5. The van der Waals surface area contributed by atoms with Crippen molar-refractivity contribution in [3.8, 4) is 44.5 Å².